The normalized spacial score (nSPS) is 10.6. The molecule has 0 radical (unpaired) electrons. The minimum atomic E-state index is 0.433. The van der Waals surface area contributed by atoms with Gasteiger partial charge in [0.15, 0.2) is 0 Å². The Balaban J connectivity index is 2.68. The SMILES string of the molecule is NCCC=Cc1ccc(C(N)=S)cc1. The van der Waals surface area contributed by atoms with E-state index in [2.05, 4.69) is 6.08 Å². The molecule has 3 heteroatoms. The third kappa shape index (κ3) is 3.28. The van der Waals surface area contributed by atoms with Gasteiger partial charge in [-0.05, 0) is 18.5 Å². The molecular formula is C11H14N2S. The van der Waals surface area contributed by atoms with E-state index in [-0.39, 0.29) is 0 Å². The zero-order chi connectivity index (χ0) is 10.4. The van der Waals surface area contributed by atoms with E-state index in [4.69, 9.17) is 23.7 Å². The first-order valence-corrected chi connectivity index (χ1v) is 4.91. The van der Waals surface area contributed by atoms with Crippen molar-refractivity contribution in [3.63, 3.8) is 0 Å². The highest BCUT2D eigenvalue weighted by Crippen LogP contribution is 2.06. The Morgan fingerprint density at radius 3 is 2.43 bits per heavy atom. The average molecular weight is 206 g/mol. The van der Waals surface area contributed by atoms with Crippen LogP contribution in [0.5, 0.6) is 0 Å². The molecule has 0 amide bonds. The van der Waals surface area contributed by atoms with Crippen LogP contribution in [-0.2, 0) is 0 Å². The van der Waals surface area contributed by atoms with Gasteiger partial charge in [-0.3, -0.25) is 0 Å². The first-order valence-electron chi connectivity index (χ1n) is 4.50. The van der Waals surface area contributed by atoms with Gasteiger partial charge >= 0.3 is 0 Å². The van der Waals surface area contributed by atoms with Crippen LogP contribution in [0.3, 0.4) is 0 Å². The number of thiocarbonyl (C=S) groups is 1. The summed E-state index contributed by atoms with van der Waals surface area (Å²) in [4.78, 5) is 0.433. The van der Waals surface area contributed by atoms with Gasteiger partial charge < -0.3 is 11.5 Å². The van der Waals surface area contributed by atoms with Crippen molar-refractivity contribution >= 4 is 23.3 Å². The van der Waals surface area contributed by atoms with Crippen molar-refractivity contribution in [2.45, 2.75) is 6.42 Å². The van der Waals surface area contributed by atoms with Crippen LogP contribution in [0, 0.1) is 0 Å². The van der Waals surface area contributed by atoms with E-state index < -0.39 is 0 Å². The molecule has 74 valence electrons. The molecule has 0 saturated heterocycles. The molecule has 0 unspecified atom stereocenters. The molecule has 0 spiro atoms. The van der Waals surface area contributed by atoms with E-state index in [0.29, 0.717) is 11.5 Å². The maximum absolute atomic E-state index is 5.48. The molecule has 0 aliphatic heterocycles. The lowest BCUT2D eigenvalue weighted by atomic mass is 10.1. The zero-order valence-corrected chi connectivity index (χ0v) is 8.76. The lowest BCUT2D eigenvalue weighted by Gasteiger charge is -1.98. The van der Waals surface area contributed by atoms with Crippen molar-refractivity contribution in [1.29, 1.82) is 0 Å². The summed E-state index contributed by atoms with van der Waals surface area (Å²) in [6.45, 7) is 0.682. The summed E-state index contributed by atoms with van der Waals surface area (Å²) in [7, 11) is 0. The van der Waals surface area contributed by atoms with E-state index in [0.717, 1.165) is 17.5 Å². The number of hydrogen-bond donors (Lipinski definition) is 2. The maximum atomic E-state index is 5.48. The Labute approximate surface area is 89.6 Å². The summed E-state index contributed by atoms with van der Waals surface area (Å²) in [5.41, 5.74) is 12.9. The molecule has 0 aromatic heterocycles. The minimum Gasteiger partial charge on any atom is -0.389 e. The molecule has 0 bridgehead atoms. The molecule has 0 atom stereocenters. The predicted octanol–water partition coefficient (Wildman–Crippen LogP) is 1.68. The van der Waals surface area contributed by atoms with E-state index in [1.54, 1.807) is 0 Å². The fourth-order valence-corrected chi connectivity index (χ4v) is 1.21. The summed E-state index contributed by atoms with van der Waals surface area (Å²) < 4.78 is 0. The van der Waals surface area contributed by atoms with Crippen molar-refractivity contribution in [2.24, 2.45) is 11.5 Å². The second-order valence-electron chi connectivity index (χ2n) is 2.97. The quantitative estimate of drug-likeness (QED) is 0.737. The van der Waals surface area contributed by atoms with Crippen molar-refractivity contribution in [2.75, 3.05) is 6.54 Å². The zero-order valence-electron chi connectivity index (χ0n) is 7.94. The van der Waals surface area contributed by atoms with Gasteiger partial charge in [0.25, 0.3) is 0 Å². The number of hydrogen-bond acceptors (Lipinski definition) is 2. The van der Waals surface area contributed by atoms with E-state index in [1.807, 2.05) is 30.3 Å². The van der Waals surface area contributed by atoms with E-state index in [9.17, 15) is 0 Å². The smallest absolute Gasteiger partial charge is 0.103 e. The Kier molecular flexibility index (Phi) is 4.29. The molecule has 1 aromatic carbocycles. The van der Waals surface area contributed by atoms with E-state index in [1.165, 1.54) is 0 Å². The van der Waals surface area contributed by atoms with Crippen LogP contribution in [0.25, 0.3) is 6.08 Å². The van der Waals surface area contributed by atoms with Crippen LogP contribution < -0.4 is 11.5 Å². The number of nitrogens with two attached hydrogens (primary N) is 2. The van der Waals surface area contributed by atoms with Crippen LogP contribution in [0.2, 0.25) is 0 Å². The van der Waals surface area contributed by atoms with Crippen LogP contribution in [-0.4, -0.2) is 11.5 Å². The van der Waals surface area contributed by atoms with Gasteiger partial charge in [-0.25, -0.2) is 0 Å². The first-order chi connectivity index (χ1) is 6.74. The predicted molar refractivity (Wildman–Crippen MR) is 65.0 cm³/mol. The molecule has 1 aromatic rings. The molecule has 0 aliphatic carbocycles. The molecule has 4 N–H and O–H groups in total. The molecule has 0 aliphatic rings. The van der Waals surface area contributed by atoms with Gasteiger partial charge in [-0.2, -0.15) is 0 Å². The Hall–Kier alpha value is -1.19. The highest BCUT2D eigenvalue weighted by atomic mass is 32.1. The standard InChI is InChI=1S/C11H14N2S/c12-8-2-1-3-9-4-6-10(7-5-9)11(13)14/h1,3-7H,2,8,12H2,(H2,13,14). The van der Waals surface area contributed by atoms with Crippen molar-refractivity contribution in [3.8, 4) is 0 Å². The lowest BCUT2D eigenvalue weighted by Crippen LogP contribution is -2.08. The lowest BCUT2D eigenvalue weighted by molar-refractivity contribution is 1.01. The monoisotopic (exact) mass is 206 g/mol. The highest BCUT2D eigenvalue weighted by molar-refractivity contribution is 7.80. The molecular weight excluding hydrogens is 192 g/mol. The molecule has 2 nitrogen and oxygen atoms in total. The first kappa shape index (κ1) is 10.9. The minimum absolute atomic E-state index is 0.433. The van der Waals surface area contributed by atoms with Crippen LogP contribution in [0.1, 0.15) is 17.5 Å². The fraction of sp³-hybridized carbons (Fsp3) is 0.182. The molecule has 0 saturated carbocycles. The molecule has 0 fully saturated rings. The van der Waals surface area contributed by atoms with Crippen LogP contribution in [0.15, 0.2) is 30.3 Å². The van der Waals surface area contributed by atoms with Crippen molar-refractivity contribution in [1.82, 2.24) is 0 Å². The second kappa shape index (κ2) is 5.52. The average Bonchev–Trinajstić information content (AvgIpc) is 2.19. The molecule has 1 rings (SSSR count). The largest absolute Gasteiger partial charge is 0.389 e. The van der Waals surface area contributed by atoms with Gasteiger partial charge in [0, 0.05) is 5.56 Å². The summed E-state index contributed by atoms with van der Waals surface area (Å²) in [6.07, 6.45) is 4.99. The second-order valence-corrected chi connectivity index (χ2v) is 3.41. The third-order valence-electron chi connectivity index (χ3n) is 1.84. The Morgan fingerprint density at radius 1 is 1.29 bits per heavy atom. The van der Waals surface area contributed by atoms with Gasteiger partial charge in [-0.15, -0.1) is 0 Å². The fourth-order valence-electron chi connectivity index (χ4n) is 1.07. The number of rotatable bonds is 4. The Bertz CT molecular complexity index is 328. The number of benzene rings is 1. The molecule has 14 heavy (non-hydrogen) atoms. The van der Waals surface area contributed by atoms with Crippen molar-refractivity contribution < 1.29 is 0 Å². The van der Waals surface area contributed by atoms with Gasteiger partial charge in [-0.1, -0.05) is 48.6 Å². The van der Waals surface area contributed by atoms with Crippen LogP contribution >= 0.6 is 12.2 Å². The summed E-state index contributed by atoms with van der Waals surface area (Å²) in [5.74, 6) is 0. The van der Waals surface area contributed by atoms with Gasteiger partial charge in [0.2, 0.25) is 0 Å². The summed E-state index contributed by atoms with van der Waals surface area (Å²) in [6, 6.07) is 7.82. The molecule has 0 heterocycles. The third-order valence-corrected chi connectivity index (χ3v) is 2.07. The van der Waals surface area contributed by atoms with E-state index >= 15 is 0 Å². The van der Waals surface area contributed by atoms with Gasteiger partial charge in [0.05, 0.1) is 0 Å². The summed E-state index contributed by atoms with van der Waals surface area (Å²) in [5, 5.41) is 0. The van der Waals surface area contributed by atoms with Crippen LogP contribution in [0.4, 0.5) is 0 Å². The van der Waals surface area contributed by atoms with Gasteiger partial charge in [0.1, 0.15) is 4.99 Å². The highest BCUT2D eigenvalue weighted by Gasteiger charge is 1.93. The topological polar surface area (TPSA) is 52.0 Å². The summed E-state index contributed by atoms with van der Waals surface area (Å²) >= 11 is 4.85. The Morgan fingerprint density at radius 2 is 1.93 bits per heavy atom. The van der Waals surface area contributed by atoms with Crippen molar-refractivity contribution in [3.05, 3.63) is 41.5 Å². The maximum Gasteiger partial charge on any atom is 0.103 e.